The minimum Gasteiger partial charge on any atom is -0.261 e. The van der Waals surface area contributed by atoms with Crippen LogP contribution in [0.2, 0.25) is 10.0 Å². The Kier molecular flexibility index (Phi) is 6.66. The smallest absolute Gasteiger partial charge is 0.162 e. The zero-order valence-electron chi connectivity index (χ0n) is 16.5. The Hall–Kier alpha value is -2.73. The first-order valence-electron chi connectivity index (χ1n) is 9.46. The van der Waals surface area contributed by atoms with Gasteiger partial charge in [-0.3, -0.25) is 5.43 Å². The maximum atomic E-state index is 6.13. The van der Waals surface area contributed by atoms with Crippen LogP contribution >= 0.6 is 39.1 Å². The molecule has 0 aliphatic heterocycles. The minimum absolute atomic E-state index is 0.486. The fourth-order valence-corrected chi connectivity index (χ4v) is 3.48. The fourth-order valence-electron chi connectivity index (χ4n) is 2.92. The lowest BCUT2D eigenvalue weighted by atomic mass is 10.1. The van der Waals surface area contributed by atoms with Crippen molar-refractivity contribution in [1.82, 2.24) is 9.97 Å². The monoisotopic (exact) mass is 510 g/mol. The Bertz CT molecular complexity index is 1240. The van der Waals surface area contributed by atoms with Crippen LogP contribution in [0.1, 0.15) is 12.5 Å². The van der Waals surface area contributed by atoms with E-state index >= 15 is 0 Å². The number of benzene rings is 3. The van der Waals surface area contributed by atoms with Gasteiger partial charge in [0.1, 0.15) is 0 Å². The number of aromatic nitrogens is 2. The van der Waals surface area contributed by atoms with E-state index in [4.69, 9.17) is 28.2 Å². The normalized spacial score (nSPS) is 11.4. The quantitative estimate of drug-likeness (QED) is 0.220. The van der Waals surface area contributed by atoms with Crippen molar-refractivity contribution in [1.29, 1.82) is 0 Å². The number of rotatable bonds is 5. The van der Waals surface area contributed by atoms with E-state index in [1.807, 2.05) is 73.7 Å². The van der Waals surface area contributed by atoms with Crippen molar-refractivity contribution in [3.05, 3.63) is 98.9 Å². The topological polar surface area (TPSA) is 50.2 Å². The first-order chi connectivity index (χ1) is 15.0. The molecule has 0 radical (unpaired) electrons. The second kappa shape index (κ2) is 9.60. The van der Waals surface area contributed by atoms with Gasteiger partial charge in [-0.1, -0.05) is 87.7 Å². The number of halogens is 3. The zero-order chi connectivity index (χ0) is 21.8. The van der Waals surface area contributed by atoms with Gasteiger partial charge in [0, 0.05) is 21.7 Å². The Morgan fingerprint density at radius 1 is 0.839 bits per heavy atom. The van der Waals surface area contributed by atoms with Crippen molar-refractivity contribution in [2.75, 3.05) is 5.43 Å². The van der Waals surface area contributed by atoms with Crippen LogP contribution in [0.5, 0.6) is 0 Å². The second-order valence-electron chi connectivity index (χ2n) is 6.77. The summed E-state index contributed by atoms with van der Waals surface area (Å²) in [7, 11) is 0. The third-order valence-corrected chi connectivity index (χ3v) is 5.84. The Balaban J connectivity index is 1.71. The second-order valence-corrected chi connectivity index (χ2v) is 8.50. The van der Waals surface area contributed by atoms with Crippen molar-refractivity contribution in [2.24, 2.45) is 5.10 Å². The van der Waals surface area contributed by atoms with E-state index in [1.165, 1.54) is 0 Å². The number of nitrogens with one attached hydrogen (secondary N) is 1. The molecule has 0 aliphatic rings. The number of nitrogens with zero attached hydrogens (tertiary/aromatic N) is 3. The van der Waals surface area contributed by atoms with Crippen molar-refractivity contribution < 1.29 is 0 Å². The molecule has 0 spiro atoms. The molecular weight excluding hydrogens is 495 g/mol. The van der Waals surface area contributed by atoms with Crippen LogP contribution in [-0.2, 0) is 0 Å². The molecule has 0 aliphatic carbocycles. The van der Waals surface area contributed by atoms with Gasteiger partial charge in [-0.25, -0.2) is 9.97 Å². The van der Waals surface area contributed by atoms with Crippen molar-refractivity contribution in [3.8, 4) is 22.6 Å². The van der Waals surface area contributed by atoms with Gasteiger partial charge in [0.2, 0.25) is 0 Å². The first kappa shape index (κ1) is 21.5. The largest absolute Gasteiger partial charge is 0.261 e. The highest BCUT2D eigenvalue weighted by Gasteiger charge is 2.09. The molecule has 1 aromatic heterocycles. The molecular formula is C24H17BrCl2N4. The summed E-state index contributed by atoms with van der Waals surface area (Å²) in [6.07, 6.45) is 0. The van der Waals surface area contributed by atoms with Crippen molar-refractivity contribution >= 4 is 50.7 Å². The maximum absolute atomic E-state index is 6.13. The molecule has 0 saturated carbocycles. The molecule has 0 fully saturated rings. The van der Waals surface area contributed by atoms with Crippen LogP contribution in [0.3, 0.4) is 0 Å². The summed E-state index contributed by atoms with van der Waals surface area (Å²) in [5, 5.41) is 5.48. The summed E-state index contributed by atoms with van der Waals surface area (Å²) >= 11 is 15.6. The van der Waals surface area contributed by atoms with Gasteiger partial charge < -0.3 is 0 Å². The zero-order valence-corrected chi connectivity index (χ0v) is 19.6. The van der Waals surface area contributed by atoms with E-state index in [0.29, 0.717) is 21.7 Å². The number of hydrazone groups is 1. The fraction of sp³-hybridized carbons (Fsp3) is 0.0417. The summed E-state index contributed by atoms with van der Waals surface area (Å²) in [6, 6.07) is 25.1. The van der Waals surface area contributed by atoms with Crippen LogP contribution in [0.25, 0.3) is 22.6 Å². The van der Waals surface area contributed by atoms with E-state index in [1.54, 1.807) is 12.1 Å². The summed E-state index contributed by atoms with van der Waals surface area (Å²) in [5.74, 6) is 1.20. The van der Waals surface area contributed by atoms with E-state index < -0.39 is 0 Å². The van der Waals surface area contributed by atoms with E-state index in [2.05, 4.69) is 31.4 Å². The molecule has 154 valence electrons. The van der Waals surface area contributed by atoms with Crippen LogP contribution < -0.4 is 5.43 Å². The lowest BCUT2D eigenvalue weighted by Crippen LogP contribution is -2.03. The van der Waals surface area contributed by atoms with E-state index in [-0.39, 0.29) is 0 Å². The third-order valence-electron chi connectivity index (χ3n) is 4.57. The summed E-state index contributed by atoms with van der Waals surface area (Å²) < 4.78 is 0.996. The van der Waals surface area contributed by atoms with Gasteiger partial charge in [-0.2, -0.15) is 5.10 Å². The number of hydrogen-bond donors (Lipinski definition) is 1. The lowest BCUT2D eigenvalue weighted by Gasteiger charge is -2.09. The molecule has 4 aromatic rings. The van der Waals surface area contributed by atoms with Crippen molar-refractivity contribution in [3.63, 3.8) is 0 Å². The molecule has 1 heterocycles. The summed E-state index contributed by atoms with van der Waals surface area (Å²) in [5.41, 5.74) is 7.39. The Morgan fingerprint density at radius 2 is 1.58 bits per heavy atom. The van der Waals surface area contributed by atoms with Gasteiger partial charge in [-0.15, -0.1) is 0 Å². The van der Waals surface area contributed by atoms with Gasteiger partial charge >= 0.3 is 0 Å². The standard InChI is InChI=1S/C24H17BrCl2N4/c1-15(18-9-12-20(26)21(27)13-18)30-31-23-14-22(16-5-3-2-4-6-16)28-24(29-23)17-7-10-19(25)11-8-17/h2-14H,1H3,(H,28,29,31). The first-order valence-corrected chi connectivity index (χ1v) is 11.0. The molecule has 3 aromatic carbocycles. The van der Waals surface area contributed by atoms with Gasteiger partial charge in [0.05, 0.1) is 21.5 Å². The molecule has 0 bridgehead atoms. The highest BCUT2D eigenvalue weighted by molar-refractivity contribution is 9.10. The average molecular weight is 512 g/mol. The average Bonchev–Trinajstić information content (AvgIpc) is 2.80. The number of anilines is 1. The summed E-state index contributed by atoms with van der Waals surface area (Å²) in [4.78, 5) is 9.43. The maximum Gasteiger partial charge on any atom is 0.162 e. The Labute approximate surface area is 199 Å². The molecule has 31 heavy (non-hydrogen) atoms. The van der Waals surface area contributed by atoms with Crippen LogP contribution in [-0.4, -0.2) is 15.7 Å². The lowest BCUT2D eigenvalue weighted by molar-refractivity contribution is 1.15. The van der Waals surface area contributed by atoms with Crippen molar-refractivity contribution in [2.45, 2.75) is 6.92 Å². The van der Waals surface area contributed by atoms with Crippen LogP contribution in [0, 0.1) is 0 Å². The predicted molar refractivity (Wildman–Crippen MR) is 133 cm³/mol. The third kappa shape index (κ3) is 5.31. The molecule has 0 saturated heterocycles. The Morgan fingerprint density at radius 3 is 2.29 bits per heavy atom. The highest BCUT2D eigenvalue weighted by Crippen LogP contribution is 2.26. The number of hydrogen-bond acceptors (Lipinski definition) is 4. The predicted octanol–water partition coefficient (Wildman–Crippen LogP) is 7.72. The SMILES string of the molecule is CC(=NNc1cc(-c2ccccc2)nc(-c2ccc(Br)cc2)n1)c1ccc(Cl)c(Cl)c1. The molecule has 0 atom stereocenters. The molecule has 0 amide bonds. The summed E-state index contributed by atoms with van der Waals surface area (Å²) in [6.45, 7) is 1.89. The molecule has 7 heteroatoms. The van der Waals surface area contributed by atoms with Gasteiger partial charge in [0.25, 0.3) is 0 Å². The molecule has 4 nitrogen and oxygen atoms in total. The molecule has 1 N–H and O–H groups in total. The minimum atomic E-state index is 0.486. The van der Waals surface area contributed by atoms with Crippen LogP contribution in [0.15, 0.2) is 88.4 Å². The highest BCUT2D eigenvalue weighted by atomic mass is 79.9. The molecule has 4 rings (SSSR count). The van der Waals surface area contributed by atoms with Gasteiger partial charge in [-0.05, 0) is 36.8 Å². The molecule has 0 unspecified atom stereocenters. The van der Waals surface area contributed by atoms with E-state index in [9.17, 15) is 0 Å². The van der Waals surface area contributed by atoms with Gasteiger partial charge in [0.15, 0.2) is 11.6 Å². The van der Waals surface area contributed by atoms with Crippen LogP contribution in [0.4, 0.5) is 5.82 Å². The van der Waals surface area contributed by atoms with E-state index in [0.717, 1.165) is 32.6 Å².